The quantitative estimate of drug-likeness (QED) is 0.278. The van der Waals surface area contributed by atoms with Crippen molar-refractivity contribution >= 4 is 17.9 Å². The molecular formula is C31H27FN2O4. The Bertz CT molecular complexity index is 1470. The molecule has 4 rings (SSSR count). The number of nitriles is 1. The molecule has 7 heteroatoms. The van der Waals surface area contributed by atoms with Gasteiger partial charge in [-0.25, -0.2) is 4.39 Å². The summed E-state index contributed by atoms with van der Waals surface area (Å²) in [4.78, 5) is 27.3. The topological polar surface area (TPSA) is 79.6 Å². The van der Waals surface area contributed by atoms with Crippen LogP contribution in [0.2, 0.25) is 0 Å². The van der Waals surface area contributed by atoms with Crippen molar-refractivity contribution in [2.75, 3.05) is 6.61 Å². The molecule has 0 aliphatic carbocycles. The largest absolute Gasteiger partial charge is 0.490 e. The predicted molar refractivity (Wildman–Crippen MR) is 141 cm³/mol. The lowest BCUT2D eigenvalue weighted by molar-refractivity contribution is -0.141. The van der Waals surface area contributed by atoms with Crippen molar-refractivity contribution in [1.29, 1.82) is 5.26 Å². The fraction of sp³-hybridized carbons (Fsp3) is 0.194. The van der Waals surface area contributed by atoms with Crippen LogP contribution in [0.25, 0.3) is 6.08 Å². The number of carbonyl (C=O) groups is 2. The van der Waals surface area contributed by atoms with Gasteiger partial charge in [0.1, 0.15) is 24.1 Å². The molecular weight excluding hydrogens is 483 g/mol. The Morgan fingerprint density at radius 2 is 1.58 bits per heavy atom. The van der Waals surface area contributed by atoms with Crippen LogP contribution < -0.4 is 9.47 Å². The lowest BCUT2D eigenvalue weighted by Crippen LogP contribution is -2.42. The smallest absolute Gasteiger partial charge is 0.271 e. The second kappa shape index (κ2) is 11.6. The van der Waals surface area contributed by atoms with E-state index in [1.807, 2.05) is 44.2 Å². The first-order valence-electron chi connectivity index (χ1n) is 12.2. The summed E-state index contributed by atoms with van der Waals surface area (Å²) in [6.45, 7) is 6.17. The summed E-state index contributed by atoms with van der Waals surface area (Å²) in [6.07, 6.45) is 1.63. The number of amides is 2. The third kappa shape index (κ3) is 5.81. The molecule has 3 aromatic carbocycles. The van der Waals surface area contributed by atoms with Crippen LogP contribution in [0.3, 0.4) is 0 Å². The van der Waals surface area contributed by atoms with Gasteiger partial charge < -0.3 is 9.47 Å². The molecule has 1 heterocycles. The molecule has 0 atom stereocenters. The van der Waals surface area contributed by atoms with Crippen molar-refractivity contribution in [3.8, 4) is 17.6 Å². The molecule has 0 N–H and O–H groups in total. The summed E-state index contributed by atoms with van der Waals surface area (Å²) >= 11 is 0. The minimum absolute atomic E-state index is 0.0796. The van der Waals surface area contributed by atoms with E-state index in [0.717, 1.165) is 10.5 Å². The zero-order valence-corrected chi connectivity index (χ0v) is 21.5. The second-order valence-corrected chi connectivity index (χ2v) is 8.91. The van der Waals surface area contributed by atoms with Crippen LogP contribution in [0.1, 0.15) is 36.1 Å². The lowest BCUT2D eigenvalue weighted by atomic mass is 9.93. The molecule has 38 heavy (non-hydrogen) atoms. The van der Waals surface area contributed by atoms with Crippen molar-refractivity contribution in [2.45, 2.75) is 33.9 Å². The van der Waals surface area contributed by atoms with E-state index >= 15 is 0 Å². The van der Waals surface area contributed by atoms with Crippen molar-refractivity contribution in [1.82, 2.24) is 4.90 Å². The van der Waals surface area contributed by atoms with E-state index in [1.165, 1.54) is 29.8 Å². The molecule has 0 saturated heterocycles. The fourth-order valence-corrected chi connectivity index (χ4v) is 4.06. The molecule has 6 nitrogen and oxygen atoms in total. The zero-order valence-electron chi connectivity index (χ0n) is 21.5. The van der Waals surface area contributed by atoms with Gasteiger partial charge in [0.05, 0.1) is 13.2 Å². The summed E-state index contributed by atoms with van der Waals surface area (Å²) in [5.74, 6) is -0.559. The third-order valence-corrected chi connectivity index (χ3v) is 6.17. The SMILES string of the molecule is CCOc1cc(/C=C2/C(=O)N(Cc3ccc(F)cc3)C(=O)C(C#N)=C2C)ccc1OCc1ccc(C)cc1. The number of nitrogens with zero attached hydrogens (tertiary/aromatic N) is 2. The molecule has 1 aliphatic heterocycles. The number of hydrogen-bond donors (Lipinski definition) is 0. The molecule has 0 saturated carbocycles. The minimum Gasteiger partial charge on any atom is -0.490 e. The van der Waals surface area contributed by atoms with Gasteiger partial charge in [-0.05, 0) is 73.4 Å². The maximum atomic E-state index is 13.4. The van der Waals surface area contributed by atoms with E-state index in [-0.39, 0.29) is 17.7 Å². The maximum absolute atomic E-state index is 13.4. The van der Waals surface area contributed by atoms with Gasteiger partial charge in [0.2, 0.25) is 0 Å². The van der Waals surface area contributed by atoms with Crippen molar-refractivity contribution < 1.29 is 23.5 Å². The zero-order chi connectivity index (χ0) is 27.2. The second-order valence-electron chi connectivity index (χ2n) is 8.91. The Morgan fingerprint density at radius 3 is 2.24 bits per heavy atom. The van der Waals surface area contributed by atoms with Crippen LogP contribution in [0.5, 0.6) is 11.5 Å². The van der Waals surface area contributed by atoms with Crippen molar-refractivity contribution in [2.24, 2.45) is 0 Å². The average Bonchev–Trinajstić information content (AvgIpc) is 2.91. The molecule has 0 aromatic heterocycles. The van der Waals surface area contributed by atoms with Crippen LogP contribution in [0.4, 0.5) is 4.39 Å². The lowest BCUT2D eigenvalue weighted by Gasteiger charge is -2.27. The molecule has 192 valence electrons. The predicted octanol–water partition coefficient (Wildman–Crippen LogP) is 5.90. The van der Waals surface area contributed by atoms with Crippen LogP contribution >= 0.6 is 0 Å². The third-order valence-electron chi connectivity index (χ3n) is 6.17. The van der Waals surface area contributed by atoms with E-state index in [1.54, 1.807) is 31.2 Å². The highest BCUT2D eigenvalue weighted by molar-refractivity contribution is 6.19. The highest BCUT2D eigenvalue weighted by atomic mass is 19.1. The number of aryl methyl sites for hydroxylation is 1. The first-order chi connectivity index (χ1) is 18.3. The Labute approximate surface area is 221 Å². The molecule has 0 bridgehead atoms. The van der Waals surface area contributed by atoms with Crippen molar-refractivity contribution in [3.63, 3.8) is 0 Å². The summed E-state index contributed by atoms with van der Waals surface area (Å²) < 4.78 is 25.1. The van der Waals surface area contributed by atoms with Crippen LogP contribution in [0, 0.1) is 24.1 Å². The molecule has 0 fully saturated rings. The standard InChI is InChI=1S/C31H27FN2O4/c1-4-37-29-16-24(11-14-28(29)38-19-23-7-5-20(2)6-8-23)15-26-21(3)27(17-33)31(36)34(30(26)35)18-22-9-12-25(32)13-10-22/h5-16H,4,18-19H2,1-3H3/b26-15+. The Hall–Kier alpha value is -4.70. The molecule has 0 radical (unpaired) electrons. The first kappa shape index (κ1) is 26.4. The average molecular weight is 511 g/mol. The number of halogens is 1. The van der Waals surface area contributed by atoms with Crippen LogP contribution in [0.15, 0.2) is 83.4 Å². The van der Waals surface area contributed by atoms with Crippen molar-refractivity contribution in [3.05, 3.63) is 112 Å². The number of carbonyl (C=O) groups excluding carboxylic acids is 2. The van der Waals surface area contributed by atoms with E-state index in [4.69, 9.17) is 9.47 Å². The summed E-state index contributed by atoms with van der Waals surface area (Å²) in [5.41, 5.74) is 3.81. The van der Waals surface area contributed by atoms with E-state index in [0.29, 0.717) is 41.4 Å². The van der Waals surface area contributed by atoms with Crippen LogP contribution in [-0.4, -0.2) is 23.3 Å². The van der Waals surface area contributed by atoms with Crippen LogP contribution in [-0.2, 0) is 22.7 Å². The molecule has 3 aromatic rings. The van der Waals surface area contributed by atoms with E-state index < -0.39 is 17.6 Å². The molecule has 1 aliphatic rings. The Morgan fingerprint density at radius 1 is 0.895 bits per heavy atom. The van der Waals surface area contributed by atoms with Gasteiger partial charge in [-0.1, -0.05) is 48.0 Å². The fourth-order valence-electron chi connectivity index (χ4n) is 4.06. The van der Waals surface area contributed by atoms with Gasteiger partial charge in [0.25, 0.3) is 11.8 Å². The minimum atomic E-state index is -0.675. The number of imide groups is 1. The van der Waals surface area contributed by atoms with E-state index in [2.05, 4.69) is 0 Å². The normalized spacial score (nSPS) is 14.6. The first-order valence-corrected chi connectivity index (χ1v) is 12.2. The highest BCUT2D eigenvalue weighted by Crippen LogP contribution is 2.33. The Balaban J connectivity index is 1.64. The highest BCUT2D eigenvalue weighted by Gasteiger charge is 2.35. The van der Waals surface area contributed by atoms with Gasteiger partial charge in [0.15, 0.2) is 11.5 Å². The molecule has 0 unspecified atom stereocenters. The van der Waals surface area contributed by atoms with Gasteiger partial charge in [-0.15, -0.1) is 0 Å². The maximum Gasteiger partial charge on any atom is 0.271 e. The molecule has 2 amide bonds. The Kier molecular flexibility index (Phi) is 8.03. The summed E-state index contributed by atoms with van der Waals surface area (Å²) in [7, 11) is 0. The van der Waals surface area contributed by atoms with Gasteiger partial charge in [0, 0.05) is 5.57 Å². The monoisotopic (exact) mass is 510 g/mol. The van der Waals surface area contributed by atoms with Gasteiger partial charge >= 0.3 is 0 Å². The van der Waals surface area contributed by atoms with E-state index in [9.17, 15) is 19.2 Å². The summed E-state index contributed by atoms with van der Waals surface area (Å²) in [5, 5.41) is 9.66. The number of rotatable bonds is 8. The molecule has 0 spiro atoms. The summed E-state index contributed by atoms with van der Waals surface area (Å²) in [6, 6.07) is 20.8. The number of benzene rings is 3. The van der Waals surface area contributed by atoms with Gasteiger partial charge in [-0.3, -0.25) is 14.5 Å². The van der Waals surface area contributed by atoms with Gasteiger partial charge in [-0.2, -0.15) is 5.26 Å². The number of hydrogen-bond acceptors (Lipinski definition) is 5. The number of ether oxygens (including phenoxy) is 2.